The van der Waals surface area contributed by atoms with Crippen LogP contribution in [0.25, 0.3) is 22.6 Å². The Balaban J connectivity index is 1.86. The van der Waals surface area contributed by atoms with Crippen LogP contribution in [-0.2, 0) is 11.2 Å². The van der Waals surface area contributed by atoms with E-state index >= 15 is 0 Å². The zero-order valence-electron chi connectivity index (χ0n) is 13.7. The lowest BCUT2D eigenvalue weighted by molar-refractivity contribution is -0.118. The van der Waals surface area contributed by atoms with Gasteiger partial charge in [-0.1, -0.05) is 30.3 Å². The van der Waals surface area contributed by atoms with Gasteiger partial charge in [-0.2, -0.15) is 0 Å². The average Bonchev–Trinajstić information content (AvgIpc) is 3.11. The number of aromatic nitrogens is 1. The molecule has 3 rings (SSSR count). The first-order chi connectivity index (χ1) is 11.7. The topological polar surface area (TPSA) is 69.1 Å². The number of ketones is 1. The van der Waals surface area contributed by atoms with Crippen molar-refractivity contribution in [3.63, 3.8) is 0 Å². The number of hydrogen-bond donors (Lipinski definition) is 1. The highest BCUT2D eigenvalue weighted by atomic mass is 16.3. The Morgan fingerprint density at radius 1 is 1.12 bits per heavy atom. The summed E-state index contributed by atoms with van der Waals surface area (Å²) < 4.78 is 5.38. The molecule has 0 atom stereocenters. The van der Waals surface area contributed by atoms with Crippen LogP contribution in [0.4, 0.5) is 0 Å². The van der Waals surface area contributed by atoms with Gasteiger partial charge in [-0.05, 0) is 47.9 Å². The highest BCUT2D eigenvalue weighted by Gasteiger charge is 2.09. The van der Waals surface area contributed by atoms with Crippen LogP contribution in [0, 0.1) is 6.92 Å². The third-order valence-electron chi connectivity index (χ3n) is 4.01. The van der Waals surface area contributed by atoms with Crippen LogP contribution < -0.4 is 5.73 Å². The van der Waals surface area contributed by atoms with E-state index in [-0.39, 0.29) is 5.78 Å². The summed E-state index contributed by atoms with van der Waals surface area (Å²) in [5.74, 6) is 0.785. The summed E-state index contributed by atoms with van der Waals surface area (Å²) in [6.07, 6.45) is 4.08. The molecule has 122 valence electrons. The van der Waals surface area contributed by atoms with Crippen molar-refractivity contribution in [2.45, 2.75) is 19.8 Å². The molecule has 0 unspecified atom stereocenters. The Morgan fingerprint density at radius 3 is 2.54 bits per heavy atom. The molecule has 0 amide bonds. The van der Waals surface area contributed by atoms with Crippen molar-refractivity contribution in [3.8, 4) is 22.6 Å². The Kier molecular flexibility index (Phi) is 4.87. The van der Waals surface area contributed by atoms with E-state index < -0.39 is 0 Å². The van der Waals surface area contributed by atoms with E-state index in [1.54, 1.807) is 12.5 Å². The van der Waals surface area contributed by atoms with E-state index in [1.807, 2.05) is 30.3 Å². The number of carbonyl (C=O) groups is 1. The summed E-state index contributed by atoms with van der Waals surface area (Å²) in [6, 6.07) is 14.2. The Labute approximate surface area is 141 Å². The summed E-state index contributed by atoms with van der Waals surface area (Å²) in [5.41, 5.74) is 10.8. The molecule has 1 aromatic heterocycles. The normalized spacial score (nSPS) is 10.8. The van der Waals surface area contributed by atoms with Crippen LogP contribution in [0.3, 0.4) is 0 Å². The number of carbonyl (C=O) groups excluding carboxylic acids is 1. The van der Waals surface area contributed by atoms with Crippen molar-refractivity contribution < 1.29 is 9.21 Å². The third kappa shape index (κ3) is 3.60. The van der Waals surface area contributed by atoms with E-state index in [2.05, 4.69) is 24.0 Å². The lowest BCUT2D eigenvalue weighted by Crippen LogP contribution is -2.09. The van der Waals surface area contributed by atoms with Gasteiger partial charge >= 0.3 is 0 Å². The fourth-order valence-electron chi connectivity index (χ4n) is 2.71. The molecule has 3 aromatic rings. The lowest BCUT2D eigenvalue weighted by atomic mass is 9.96. The number of nitrogens with zero attached hydrogens (tertiary/aromatic N) is 1. The standard InChI is InChI=1S/C20H20N2O2/c1-14-2-5-17(20-22-10-11-24-20)13-19(14)16-6-3-15(4-7-16)12-18(23)8-9-21/h2-7,10-11,13H,8-9,12,21H2,1H3. The summed E-state index contributed by atoms with van der Waals surface area (Å²) in [5, 5.41) is 0. The van der Waals surface area contributed by atoms with Crippen molar-refractivity contribution in [1.82, 2.24) is 4.98 Å². The highest BCUT2D eigenvalue weighted by molar-refractivity contribution is 5.81. The lowest BCUT2D eigenvalue weighted by Gasteiger charge is -2.09. The summed E-state index contributed by atoms with van der Waals surface area (Å²) in [6.45, 7) is 2.48. The number of oxazole rings is 1. The number of aryl methyl sites for hydroxylation is 1. The van der Waals surface area contributed by atoms with Crippen molar-refractivity contribution >= 4 is 5.78 Å². The summed E-state index contributed by atoms with van der Waals surface area (Å²) in [7, 11) is 0. The van der Waals surface area contributed by atoms with Gasteiger partial charge in [0.25, 0.3) is 0 Å². The van der Waals surface area contributed by atoms with Crippen molar-refractivity contribution in [2.75, 3.05) is 6.54 Å². The smallest absolute Gasteiger partial charge is 0.225 e. The van der Waals surface area contributed by atoms with Crippen LogP contribution in [0.15, 0.2) is 59.3 Å². The average molecular weight is 320 g/mol. The predicted octanol–water partition coefficient (Wildman–Crippen LogP) is 3.78. The fraction of sp³-hybridized carbons (Fsp3) is 0.200. The van der Waals surface area contributed by atoms with E-state index in [1.165, 1.54) is 5.56 Å². The van der Waals surface area contributed by atoms with E-state index in [4.69, 9.17) is 10.2 Å². The number of hydrogen-bond acceptors (Lipinski definition) is 4. The van der Waals surface area contributed by atoms with Crippen molar-refractivity contribution in [3.05, 3.63) is 66.1 Å². The van der Waals surface area contributed by atoms with Gasteiger partial charge in [-0.25, -0.2) is 4.98 Å². The van der Waals surface area contributed by atoms with Crippen LogP contribution in [0.2, 0.25) is 0 Å². The monoisotopic (exact) mass is 320 g/mol. The molecule has 0 fully saturated rings. The summed E-state index contributed by atoms with van der Waals surface area (Å²) >= 11 is 0. The maximum Gasteiger partial charge on any atom is 0.225 e. The van der Waals surface area contributed by atoms with Gasteiger partial charge in [0.1, 0.15) is 12.0 Å². The minimum atomic E-state index is 0.173. The zero-order chi connectivity index (χ0) is 16.9. The molecule has 0 aliphatic heterocycles. The molecular formula is C20H20N2O2. The molecule has 0 aliphatic carbocycles. The minimum Gasteiger partial charge on any atom is -0.445 e. The molecule has 4 nitrogen and oxygen atoms in total. The number of benzene rings is 2. The van der Waals surface area contributed by atoms with Crippen molar-refractivity contribution in [2.24, 2.45) is 5.73 Å². The van der Waals surface area contributed by atoms with Gasteiger partial charge in [0.2, 0.25) is 5.89 Å². The minimum absolute atomic E-state index is 0.173. The maximum atomic E-state index is 11.7. The quantitative estimate of drug-likeness (QED) is 0.750. The molecule has 0 saturated heterocycles. The molecule has 0 saturated carbocycles. The molecule has 0 bridgehead atoms. The largest absolute Gasteiger partial charge is 0.445 e. The predicted molar refractivity (Wildman–Crippen MR) is 94.5 cm³/mol. The zero-order valence-corrected chi connectivity index (χ0v) is 13.7. The van der Waals surface area contributed by atoms with Gasteiger partial charge in [-0.3, -0.25) is 4.79 Å². The molecular weight excluding hydrogens is 300 g/mol. The maximum absolute atomic E-state index is 11.7. The van der Waals surface area contributed by atoms with Gasteiger partial charge in [0, 0.05) is 18.4 Å². The molecule has 4 heteroatoms. The molecule has 2 N–H and O–H groups in total. The first kappa shape index (κ1) is 16.1. The second-order valence-corrected chi connectivity index (χ2v) is 5.82. The highest BCUT2D eigenvalue weighted by Crippen LogP contribution is 2.29. The fourth-order valence-corrected chi connectivity index (χ4v) is 2.71. The molecule has 0 spiro atoms. The van der Waals surface area contributed by atoms with Gasteiger partial charge in [0.15, 0.2) is 0 Å². The van der Waals surface area contributed by atoms with E-state index in [9.17, 15) is 4.79 Å². The second kappa shape index (κ2) is 7.23. The first-order valence-corrected chi connectivity index (χ1v) is 7.99. The molecule has 2 aromatic carbocycles. The third-order valence-corrected chi connectivity index (χ3v) is 4.01. The van der Waals surface area contributed by atoms with Crippen LogP contribution in [-0.4, -0.2) is 17.3 Å². The Bertz CT molecular complexity index is 821. The molecule has 0 radical (unpaired) electrons. The Hall–Kier alpha value is -2.72. The Morgan fingerprint density at radius 2 is 1.88 bits per heavy atom. The SMILES string of the molecule is Cc1ccc(-c2ncco2)cc1-c1ccc(CC(=O)CCN)cc1. The van der Waals surface area contributed by atoms with Crippen LogP contribution in [0.5, 0.6) is 0 Å². The van der Waals surface area contributed by atoms with E-state index in [0.717, 1.165) is 22.3 Å². The van der Waals surface area contributed by atoms with Gasteiger partial charge in [-0.15, -0.1) is 0 Å². The van der Waals surface area contributed by atoms with E-state index in [0.29, 0.717) is 25.3 Å². The number of nitrogens with two attached hydrogens (primary N) is 1. The van der Waals surface area contributed by atoms with Crippen molar-refractivity contribution in [1.29, 1.82) is 0 Å². The number of Topliss-reactive ketones (excluding diaryl/α,β-unsaturated/α-hetero) is 1. The molecule has 24 heavy (non-hydrogen) atoms. The summed E-state index contributed by atoms with van der Waals surface area (Å²) in [4.78, 5) is 15.9. The van der Waals surface area contributed by atoms with Crippen LogP contribution in [0.1, 0.15) is 17.5 Å². The first-order valence-electron chi connectivity index (χ1n) is 7.99. The van der Waals surface area contributed by atoms with Gasteiger partial charge < -0.3 is 10.2 Å². The van der Waals surface area contributed by atoms with Crippen LogP contribution >= 0.6 is 0 Å². The van der Waals surface area contributed by atoms with Gasteiger partial charge in [0.05, 0.1) is 6.20 Å². The molecule has 1 heterocycles. The number of rotatable bonds is 6. The molecule has 0 aliphatic rings. The second-order valence-electron chi connectivity index (χ2n) is 5.82.